The molecule has 0 aliphatic heterocycles. The van der Waals surface area contributed by atoms with Gasteiger partial charge in [0.05, 0.1) is 30.0 Å². The van der Waals surface area contributed by atoms with Crippen molar-refractivity contribution in [1.82, 2.24) is 4.90 Å². The topological polar surface area (TPSA) is 188 Å². The molecule has 4 aliphatic rings. The first kappa shape index (κ1) is 28.9. The number of rotatable bonds is 3. The minimum atomic E-state index is -3.16. The molecule has 6 rings (SSSR count). The summed E-state index contributed by atoms with van der Waals surface area (Å²) in [6, 6.07) is -0.119. The number of allylic oxidation sites excluding steroid dienone is 2. The van der Waals surface area contributed by atoms with Crippen molar-refractivity contribution in [2.45, 2.75) is 57.1 Å². The van der Waals surface area contributed by atoms with Crippen LogP contribution in [0.15, 0.2) is 29.0 Å². The van der Waals surface area contributed by atoms with Crippen molar-refractivity contribution in [3.8, 4) is 17.2 Å². The van der Waals surface area contributed by atoms with Gasteiger partial charge in [-0.25, -0.2) is 0 Å². The molecule has 11 heteroatoms. The number of benzene rings is 2. The van der Waals surface area contributed by atoms with Crippen molar-refractivity contribution in [3.63, 3.8) is 0 Å². The predicted octanol–water partition coefficient (Wildman–Crippen LogP) is 2.36. The molecular weight excluding hydrogens is 556 g/mol. The number of primary amides is 1. The number of ketones is 3. The minimum absolute atomic E-state index is 0.111. The third kappa shape index (κ3) is 3.11. The number of aliphatic hydroxyl groups is 2. The number of phenols is 2. The van der Waals surface area contributed by atoms with Crippen LogP contribution in [0, 0.1) is 11.3 Å². The summed E-state index contributed by atoms with van der Waals surface area (Å²) in [6.45, 7) is 6.18. The summed E-state index contributed by atoms with van der Waals surface area (Å²) in [7, 11) is 4.37. The number of Topliss-reactive ketones (excluding diaryl/α,β-unsaturated/α-hetero) is 3. The zero-order valence-electron chi connectivity index (χ0n) is 24.8. The average molecular weight is 591 g/mol. The molecule has 0 aromatic heterocycles. The number of phenolic OH excluding ortho intramolecular Hbond substituents is 2. The van der Waals surface area contributed by atoms with Gasteiger partial charge in [-0.15, -0.1) is 0 Å². The number of ether oxygens (including phenoxy) is 1. The highest BCUT2D eigenvalue weighted by Gasteiger charge is 2.67. The SMILES string of the molecule is COc1cc(O)c2c(O)c3c(c4c2c1[C@]1(C4)C(C)=CCCC1(C)C)C(=O)[C@H]1[C@H](N(C)C)C(O)=C(C(N)=O)C(=O)[C@@]1(O)C3=O. The van der Waals surface area contributed by atoms with Gasteiger partial charge in [-0.1, -0.05) is 25.5 Å². The number of hydrogen-bond donors (Lipinski definition) is 5. The van der Waals surface area contributed by atoms with Crippen LogP contribution in [0.4, 0.5) is 0 Å². The molecule has 0 saturated heterocycles. The predicted molar refractivity (Wildman–Crippen MR) is 154 cm³/mol. The molecule has 0 radical (unpaired) electrons. The van der Waals surface area contributed by atoms with Crippen LogP contribution in [0.3, 0.4) is 0 Å². The lowest BCUT2D eigenvalue weighted by Crippen LogP contribution is -2.68. The number of likely N-dealkylation sites (N-methyl/N-ethyl adjacent to an activating group) is 1. The van der Waals surface area contributed by atoms with Crippen LogP contribution in [-0.2, 0) is 21.4 Å². The fourth-order valence-electron chi connectivity index (χ4n) is 8.49. The van der Waals surface area contributed by atoms with E-state index >= 15 is 0 Å². The number of nitrogens with two attached hydrogens (primary N) is 1. The van der Waals surface area contributed by atoms with Gasteiger partial charge in [0.2, 0.25) is 17.2 Å². The quantitative estimate of drug-likeness (QED) is 0.202. The molecular formula is C32H34N2O9. The first-order chi connectivity index (χ1) is 20.0. The van der Waals surface area contributed by atoms with Crippen LogP contribution >= 0.6 is 0 Å². The molecule has 0 fully saturated rings. The second kappa shape index (κ2) is 8.67. The fourth-order valence-corrected chi connectivity index (χ4v) is 8.49. The standard InChI is InChI=1S/C32H34N2O9/c1-12-8-7-9-30(2,3)31(12)11-13-16-18(14(35)10-15(43-6)21(16)31)24(36)19-17(13)25(37)22-23(34(4)5)26(38)20(29(33)41)28(40)32(22,42)27(19)39/h8,10,22-23,35-36,38,42H,7,9,11H2,1-6H3,(H2,33,41)/t22-,23+,31+,32+/m1/s1. The number of carbonyl (C=O) groups excluding carboxylic acids is 4. The van der Waals surface area contributed by atoms with E-state index in [0.717, 1.165) is 18.4 Å². The maximum absolute atomic E-state index is 14.7. The van der Waals surface area contributed by atoms with E-state index in [1.54, 1.807) is 0 Å². The Morgan fingerprint density at radius 1 is 1.07 bits per heavy atom. The number of methoxy groups -OCH3 is 1. The van der Waals surface area contributed by atoms with Crippen molar-refractivity contribution in [2.24, 2.45) is 17.1 Å². The van der Waals surface area contributed by atoms with E-state index in [4.69, 9.17) is 10.5 Å². The van der Waals surface area contributed by atoms with E-state index in [2.05, 4.69) is 19.9 Å². The summed E-state index contributed by atoms with van der Waals surface area (Å²) in [4.78, 5) is 56.2. The monoisotopic (exact) mass is 590 g/mol. The van der Waals surface area contributed by atoms with Gasteiger partial charge in [-0.2, -0.15) is 0 Å². The Balaban J connectivity index is 1.78. The molecule has 43 heavy (non-hydrogen) atoms. The minimum Gasteiger partial charge on any atom is -0.510 e. The number of hydrogen-bond acceptors (Lipinski definition) is 10. The second-order valence-electron chi connectivity index (χ2n) is 13.0. The summed E-state index contributed by atoms with van der Waals surface area (Å²) in [5.41, 5.74) is 1.28. The summed E-state index contributed by atoms with van der Waals surface area (Å²) in [5.74, 6) is -8.63. The summed E-state index contributed by atoms with van der Waals surface area (Å²) < 4.78 is 5.78. The molecule has 4 aliphatic carbocycles. The number of nitrogens with zero attached hydrogens (tertiary/aromatic N) is 1. The molecule has 0 saturated carbocycles. The van der Waals surface area contributed by atoms with E-state index in [-0.39, 0.29) is 17.4 Å². The lowest BCUT2D eigenvalue weighted by molar-refractivity contribution is -0.138. The van der Waals surface area contributed by atoms with Crippen molar-refractivity contribution in [2.75, 3.05) is 21.2 Å². The maximum Gasteiger partial charge on any atom is 0.255 e. The smallest absolute Gasteiger partial charge is 0.255 e. The van der Waals surface area contributed by atoms with Gasteiger partial charge in [0.1, 0.15) is 28.6 Å². The Morgan fingerprint density at radius 2 is 1.72 bits per heavy atom. The molecule has 0 heterocycles. The summed E-state index contributed by atoms with van der Waals surface area (Å²) in [5, 5.41) is 46.1. The molecule has 226 valence electrons. The van der Waals surface area contributed by atoms with E-state index in [1.165, 1.54) is 32.2 Å². The van der Waals surface area contributed by atoms with Crippen molar-refractivity contribution < 1.29 is 44.3 Å². The first-order valence-electron chi connectivity index (χ1n) is 14.0. The van der Waals surface area contributed by atoms with Crippen LogP contribution in [0.2, 0.25) is 0 Å². The highest BCUT2D eigenvalue weighted by molar-refractivity contribution is 6.38. The highest BCUT2D eigenvalue weighted by Crippen LogP contribution is 2.65. The fraction of sp³-hybridized carbons (Fsp3) is 0.438. The Hall–Kier alpha value is -4.22. The van der Waals surface area contributed by atoms with Crippen LogP contribution in [-0.4, -0.2) is 81.4 Å². The zero-order valence-corrected chi connectivity index (χ0v) is 24.8. The number of carbonyl (C=O) groups is 4. The van der Waals surface area contributed by atoms with Gasteiger partial charge in [-0.05, 0) is 51.3 Å². The number of aromatic hydroxyl groups is 2. The first-order valence-corrected chi connectivity index (χ1v) is 14.0. The largest absolute Gasteiger partial charge is 0.510 e. The molecule has 2 aromatic carbocycles. The molecule has 1 amide bonds. The van der Waals surface area contributed by atoms with Crippen molar-refractivity contribution in [3.05, 3.63) is 51.3 Å². The van der Waals surface area contributed by atoms with E-state index in [1.807, 2.05) is 6.92 Å². The molecule has 6 N–H and O–H groups in total. The second-order valence-corrected chi connectivity index (χ2v) is 13.0. The molecule has 0 bridgehead atoms. The molecule has 4 atom stereocenters. The highest BCUT2D eigenvalue weighted by atomic mass is 16.5. The molecule has 1 spiro atoms. The average Bonchev–Trinajstić information content (AvgIpc) is 3.27. The summed E-state index contributed by atoms with van der Waals surface area (Å²) >= 11 is 0. The number of aliphatic hydroxyl groups excluding tert-OH is 1. The number of fused-ring (bicyclic) bond motifs is 4. The number of amides is 1. The lowest BCUT2D eigenvalue weighted by atomic mass is 9.54. The zero-order chi connectivity index (χ0) is 31.7. The Bertz CT molecular complexity index is 1800. The van der Waals surface area contributed by atoms with E-state index in [9.17, 15) is 39.6 Å². The van der Waals surface area contributed by atoms with Gasteiger partial charge in [-0.3, -0.25) is 24.1 Å². The van der Waals surface area contributed by atoms with Crippen LogP contribution in [0.5, 0.6) is 17.2 Å². The van der Waals surface area contributed by atoms with Crippen molar-refractivity contribution >= 4 is 34.0 Å². The molecule has 11 nitrogen and oxygen atoms in total. The van der Waals surface area contributed by atoms with Gasteiger partial charge < -0.3 is 30.9 Å². The third-order valence-electron chi connectivity index (χ3n) is 10.5. The van der Waals surface area contributed by atoms with E-state index in [0.29, 0.717) is 22.3 Å². The van der Waals surface area contributed by atoms with Gasteiger partial charge >= 0.3 is 0 Å². The van der Waals surface area contributed by atoms with Gasteiger partial charge in [0.15, 0.2) is 5.78 Å². The van der Waals surface area contributed by atoms with Gasteiger partial charge in [0.25, 0.3) is 5.91 Å². The van der Waals surface area contributed by atoms with Crippen molar-refractivity contribution in [1.29, 1.82) is 0 Å². The lowest BCUT2D eigenvalue weighted by Gasteiger charge is -2.49. The molecule has 2 aromatic rings. The van der Waals surface area contributed by atoms with Crippen LogP contribution in [0.1, 0.15) is 65.5 Å². The van der Waals surface area contributed by atoms with Gasteiger partial charge in [0, 0.05) is 28.0 Å². The molecule has 0 unspecified atom stereocenters. The van der Waals surface area contributed by atoms with Crippen LogP contribution in [0.25, 0.3) is 10.8 Å². The Labute approximate surface area is 247 Å². The summed E-state index contributed by atoms with van der Waals surface area (Å²) in [6.07, 6.45) is 3.91. The Kier molecular flexibility index (Phi) is 5.82. The maximum atomic E-state index is 14.7. The Morgan fingerprint density at radius 3 is 2.28 bits per heavy atom. The normalized spacial score (nSPS) is 29.3. The van der Waals surface area contributed by atoms with Crippen LogP contribution < -0.4 is 10.5 Å². The third-order valence-corrected chi connectivity index (χ3v) is 10.5. The van der Waals surface area contributed by atoms with E-state index < -0.39 is 80.0 Å².